The molecule has 4 amide bonds. The first-order valence-electron chi connectivity index (χ1n) is 31.1. The number of carbonyl (C=O) groups is 4. The van der Waals surface area contributed by atoms with Crippen LogP contribution in [0.2, 0.25) is 0 Å². The average Bonchev–Trinajstić information content (AvgIpc) is 1.60. The van der Waals surface area contributed by atoms with Crippen molar-refractivity contribution in [3.05, 3.63) is 203 Å². The molecular weight excluding hydrogens is 1250 g/mol. The van der Waals surface area contributed by atoms with E-state index in [4.69, 9.17) is 37.9 Å². The molecule has 0 aromatic heterocycles. The maximum Gasteiger partial charge on any atom is 0.512 e. The highest BCUT2D eigenvalue weighted by Crippen LogP contribution is 2.36. The lowest BCUT2D eigenvalue weighted by molar-refractivity contribution is -0.158. The van der Waals surface area contributed by atoms with E-state index in [1.54, 1.807) is 37.7 Å². The normalized spacial score (nSPS) is 16.4. The second-order valence-corrected chi connectivity index (χ2v) is 27.8. The molecule has 92 heavy (non-hydrogen) atoms. The van der Waals surface area contributed by atoms with E-state index < -0.39 is 48.4 Å². The van der Waals surface area contributed by atoms with Crippen LogP contribution in [0.1, 0.15) is 74.9 Å². The Morgan fingerprint density at radius 2 is 0.891 bits per heavy atom. The Hall–Kier alpha value is -6.42. The lowest BCUT2D eigenvalue weighted by Gasteiger charge is -2.37. The Kier molecular flexibility index (Phi) is 33.5. The van der Waals surface area contributed by atoms with Crippen LogP contribution in [-0.4, -0.2) is 148 Å². The molecule has 2 aliphatic heterocycles. The fraction of sp³-hybridized carbons (Fsp3) is 0.431. The maximum absolute atomic E-state index is 14.3. The maximum atomic E-state index is 14.3. The van der Waals surface area contributed by atoms with Crippen LogP contribution in [0.5, 0.6) is 11.5 Å². The van der Waals surface area contributed by atoms with Crippen LogP contribution >= 0.6 is 47.0 Å². The van der Waals surface area contributed by atoms with Gasteiger partial charge < -0.3 is 43.0 Å². The molecule has 20 heteroatoms. The van der Waals surface area contributed by atoms with Gasteiger partial charge in [-0.3, -0.25) is 9.59 Å². The number of imide groups is 2. The molecule has 0 spiro atoms. The number of amides is 4. The topological polar surface area (TPSA) is 186 Å². The first-order valence-corrected chi connectivity index (χ1v) is 35.3. The molecule has 2 fully saturated rings. The second kappa shape index (κ2) is 41.3. The largest absolute Gasteiger partial charge is 0.512 e. The summed E-state index contributed by atoms with van der Waals surface area (Å²) in [5, 5.41) is 12.0. The van der Waals surface area contributed by atoms with Crippen molar-refractivity contribution in [1.29, 1.82) is 0 Å². The minimum atomic E-state index is -1.34. The van der Waals surface area contributed by atoms with Crippen molar-refractivity contribution in [2.75, 3.05) is 57.1 Å². The molecule has 16 nitrogen and oxygen atoms in total. The molecule has 2 saturated heterocycles. The number of methoxy groups -OCH3 is 2. The number of aliphatic hydroxyl groups excluding tert-OH is 1. The van der Waals surface area contributed by atoms with Gasteiger partial charge in [0.2, 0.25) is 5.92 Å². The minimum absolute atomic E-state index is 0.00304. The fourth-order valence-corrected chi connectivity index (χ4v) is 15.9. The number of ether oxygens (including phenoxy) is 8. The lowest BCUT2D eigenvalue weighted by atomic mass is 9.93. The molecule has 8 rings (SSSR count). The Morgan fingerprint density at radius 3 is 1.32 bits per heavy atom. The van der Waals surface area contributed by atoms with Gasteiger partial charge in [-0.1, -0.05) is 180 Å². The average molecular weight is 1330 g/mol. The van der Waals surface area contributed by atoms with E-state index in [9.17, 15) is 29.1 Å². The number of aliphatic hydroxyl groups is 1. The molecule has 494 valence electrons. The molecule has 0 saturated carbocycles. The third-order valence-electron chi connectivity index (χ3n) is 15.0. The third kappa shape index (κ3) is 23.9. The molecule has 2 heterocycles. The van der Waals surface area contributed by atoms with Gasteiger partial charge in [0.1, 0.15) is 37.4 Å². The number of carbonyl (C=O) groups excluding carboxylic acids is 5. The van der Waals surface area contributed by atoms with Crippen molar-refractivity contribution < 1.29 is 67.0 Å². The summed E-state index contributed by atoms with van der Waals surface area (Å²) >= 11 is 7.21. The summed E-state index contributed by atoms with van der Waals surface area (Å²) in [5.74, 6) is 3.48. The summed E-state index contributed by atoms with van der Waals surface area (Å²) in [4.78, 5) is 65.0. The quantitative estimate of drug-likeness (QED) is 0.0292. The van der Waals surface area contributed by atoms with Crippen molar-refractivity contribution in [3.8, 4) is 11.5 Å². The summed E-state index contributed by atoms with van der Waals surface area (Å²) < 4.78 is 45.4. The molecule has 6 aromatic rings. The van der Waals surface area contributed by atoms with E-state index in [0.29, 0.717) is 31.8 Å². The number of benzene rings is 6. The fourth-order valence-electron chi connectivity index (χ4n) is 10.1. The van der Waals surface area contributed by atoms with Gasteiger partial charge in [-0.2, -0.15) is 0 Å². The monoisotopic (exact) mass is 1330 g/mol. The Labute approximate surface area is 560 Å². The summed E-state index contributed by atoms with van der Waals surface area (Å²) in [6, 6.07) is 53.2. The molecule has 2 aliphatic rings. The Bertz CT molecular complexity index is 3060. The molecule has 0 unspecified atom stereocenters. The number of hydrogen-bond donors (Lipinski definition) is 1. The highest BCUT2D eigenvalue weighted by molar-refractivity contribution is 8.17. The zero-order valence-corrected chi connectivity index (χ0v) is 57.2. The van der Waals surface area contributed by atoms with E-state index in [1.165, 1.54) is 4.90 Å². The van der Waals surface area contributed by atoms with Gasteiger partial charge in [-0.05, 0) is 100 Å². The zero-order chi connectivity index (χ0) is 66.0. The van der Waals surface area contributed by atoms with Crippen LogP contribution in [0.4, 0.5) is 9.59 Å². The van der Waals surface area contributed by atoms with Crippen LogP contribution < -0.4 is 9.47 Å². The Morgan fingerprint density at radius 1 is 0.522 bits per heavy atom. The number of hydrogen-bond acceptors (Lipinski definition) is 18. The van der Waals surface area contributed by atoms with Crippen molar-refractivity contribution in [1.82, 2.24) is 9.80 Å². The summed E-state index contributed by atoms with van der Waals surface area (Å²) in [5.41, 5.74) is 5.89. The predicted molar refractivity (Wildman–Crippen MR) is 369 cm³/mol. The molecule has 6 aromatic carbocycles. The number of thioether (sulfide) groups is 4. The highest BCUT2D eigenvalue weighted by atomic mass is 32.2. The van der Waals surface area contributed by atoms with Crippen LogP contribution in [0.15, 0.2) is 170 Å². The van der Waals surface area contributed by atoms with E-state index in [-0.39, 0.29) is 66.2 Å². The lowest BCUT2D eigenvalue weighted by Crippen LogP contribution is -2.54. The predicted octanol–water partition coefficient (Wildman–Crippen LogP) is 13.5. The van der Waals surface area contributed by atoms with Gasteiger partial charge in [0.25, 0.3) is 11.8 Å². The van der Waals surface area contributed by atoms with Gasteiger partial charge in [0.15, 0.2) is 6.10 Å². The number of nitrogens with zero attached hydrogens (tertiary/aromatic N) is 2. The molecule has 0 aliphatic carbocycles. The van der Waals surface area contributed by atoms with E-state index in [0.717, 1.165) is 67.0 Å². The molecule has 8 atom stereocenters. The zero-order valence-electron chi connectivity index (χ0n) is 53.9. The second-order valence-electron chi connectivity index (χ2n) is 21.6. The first kappa shape index (κ1) is 74.6. The standard InChI is InChI=1S/C36H45NO7S2.C20H21NO5.C16H23O2S2/c1-5-45-35(46-6-2)32(42-22-27-15-11-8-12-16-27)25(3)31(38)33(43-23-28-17-19-30(41-4)20-18-28)34(39)37-29(24-44-36(37)40)21-26-13-9-7-10-14-26;1-24-18-9-7-16(8-10-18)12-25-14-19(22)21-17(13-26-20(21)23)11-15-5-3-2-4-6-15;1-4-19-16(20-5-2)15(13(3)11-17)18-12-14-9-7-6-8-10-14/h7-20,25,29,31-33,35,38H,5-6,21-24H2,1-4H3;2-10,17H,11-14H2,1H3;6-10,13,15-16H,4-5,12H2,1-3H3/q;;+1/t25-,29+,31+,32+,33-;17-;13-,15+/m010/s1. The molecular formula is C72H89N2O14S4+. The molecule has 0 bridgehead atoms. The summed E-state index contributed by atoms with van der Waals surface area (Å²) in [6.45, 7) is 13.6. The molecule has 0 radical (unpaired) electrons. The number of rotatable bonds is 35. The van der Waals surface area contributed by atoms with Crippen molar-refractivity contribution in [2.45, 2.75) is 126 Å². The third-order valence-corrected chi connectivity index (χ3v) is 20.4. The van der Waals surface area contributed by atoms with E-state index in [2.05, 4.69) is 34.0 Å². The van der Waals surface area contributed by atoms with Gasteiger partial charge in [0.05, 0.1) is 74.1 Å². The summed E-state index contributed by atoms with van der Waals surface area (Å²) in [7, 11) is 3.20. The van der Waals surface area contributed by atoms with Crippen LogP contribution in [0.25, 0.3) is 0 Å². The van der Waals surface area contributed by atoms with Crippen LogP contribution in [0, 0.1) is 11.8 Å². The highest BCUT2D eigenvalue weighted by Gasteiger charge is 2.47. The van der Waals surface area contributed by atoms with Gasteiger partial charge in [-0.15, -0.1) is 47.0 Å². The minimum Gasteiger partial charge on any atom is -0.497 e. The summed E-state index contributed by atoms with van der Waals surface area (Å²) in [6.07, 6.45) is -1.39. The Balaban J connectivity index is 0.000000245. The van der Waals surface area contributed by atoms with Crippen molar-refractivity contribution >= 4 is 77.3 Å². The van der Waals surface area contributed by atoms with E-state index >= 15 is 0 Å². The first-order chi connectivity index (χ1) is 44.7. The van der Waals surface area contributed by atoms with Gasteiger partial charge in [0, 0.05) is 10.7 Å². The van der Waals surface area contributed by atoms with Crippen LogP contribution in [0.3, 0.4) is 0 Å². The number of cyclic esters (lactones) is 2. The van der Waals surface area contributed by atoms with Crippen LogP contribution in [-0.2, 0) is 82.1 Å². The van der Waals surface area contributed by atoms with Gasteiger partial charge in [-0.25, -0.2) is 19.4 Å². The van der Waals surface area contributed by atoms with Crippen molar-refractivity contribution in [2.24, 2.45) is 11.8 Å². The smallest absolute Gasteiger partial charge is 0.497 e. The van der Waals surface area contributed by atoms with Gasteiger partial charge >= 0.3 is 18.5 Å². The SMILES string of the molecule is CCSC(SCC)[C@H](OCc1ccccc1)[C@@H](C)[C+]=O.CCSC(SCC)[C@H](OCc1ccccc1)[C@@H](C)[C@@H](O)[C@H](OCc1ccc(OC)cc1)C(=O)N1C(=O)OC[C@H]1Cc1ccccc1.COc1ccc(COCC(=O)N2C(=O)OC[C@H]2Cc2ccccc2)cc1. The van der Waals surface area contributed by atoms with E-state index in [1.807, 2.05) is 207 Å². The van der Waals surface area contributed by atoms with Crippen molar-refractivity contribution in [3.63, 3.8) is 0 Å². The molecule has 1 N–H and O–H groups in total.